The molecular formula is C11H10N2O5. The number of nitrogens with zero attached hydrogens (tertiary/aromatic N) is 1. The summed E-state index contributed by atoms with van der Waals surface area (Å²) in [6, 6.07) is 3.38. The summed E-state index contributed by atoms with van der Waals surface area (Å²) in [5, 5.41) is 20.6. The number of phenols is 2. The van der Waals surface area contributed by atoms with E-state index in [0.29, 0.717) is 0 Å². The number of piperazine rings is 1. The Morgan fingerprint density at radius 2 is 1.56 bits per heavy atom. The zero-order chi connectivity index (χ0) is 13.3. The van der Waals surface area contributed by atoms with Crippen LogP contribution >= 0.6 is 0 Å². The number of imide groups is 1. The molecule has 1 fully saturated rings. The molecule has 94 valence electrons. The first-order valence-corrected chi connectivity index (χ1v) is 5.10. The molecule has 0 atom stereocenters. The summed E-state index contributed by atoms with van der Waals surface area (Å²) >= 11 is 0. The van der Waals surface area contributed by atoms with E-state index in [4.69, 9.17) is 0 Å². The van der Waals surface area contributed by atoms with E-state index in [1.165, 1.54) is 0 Å². The fourth-order valence-corrected chi connectivity index (χ4v) is 1.68. The number of rotatable bonds is 1. The average molecular weight is 250 g/mol. The van der Waals surface area contributed by atoms with Gasteiger partial charge in [0, 0.05) is 11.6 Å². The van der Waals surface area contributed by atoms with Gasteiger partial charge in [0.1, 0.15) is 24.6 Å². The van der Waals surface area contributed by atoms with Gasteiger partial charge in [0.2, 0.25) is 11.8 Å². The van der Waals surface area contributed by atoms with Gasteiger partial charge in [-0.3, -0.25) is 19.7 Å². The number of amides is 3. The maximum Gasteiger partial charge on any atom is 0.255 e. The van der Waals surface area contributed by atoms with Crippen LogP contribution in [0, 0.1) is 0 Å². The maximum atomic E-state index is 12.0. The van der Waals surface area contributed by atoms with Crippen LogP contribution in [-0.4, -0.2) is 45.9 Å². The number of phenolic OH excluding ortho intramolecular Hbond substituents is 2. The molecule has 1 aliphatic rings. The number of carbonyl (C=O) groups is 3. The molecule has 1 saturated heterocycles. The van der Waals surface area contributed by atoms with E-state index in [1.54, 1.807) is 0 Å². The topological polar surface area (TPSA) is 107 Å². The van der Waals surface area contributed by atoms with Crippen LogP contribution in [-0.2, 0) is 9.59 Å². The van der Waals surface area contributed by atoms with Gasteiger partial charge in [0.05, 0.1) is 0 Å². The third-order valence-electron chi connectivity index (χ3n) is 2.38. The van der Waals surface area contributed by atoms with Crippen LogP contribution in [0.2, 0.25) is 0 Å². The number of benzene rings is 1. The normalized spacial score (nSPS) is 15.4. The molecule has 2 rings (SSSR count). The fraction of sp³-hybridized carbons (Fsp3) is 0.182. The van der Waals surface area contributed by atoms with Crippen LogP contribution in [0.3, 0.4) is 0 Å². The average Bonchev–Trinajstić information content (AvgIpc) is 2.25. The largest absolute Gasteiger partial charge is 0.508 e. The predicted molar refractivity (Wildman–Crippen MR) is 58.8 cm³/mol. The van der Waals surface area contributed by atoms with Gasteiger partial charge in [-0.25, -0.2) is 0 Å². The number of hydrogen-bond donors (Lipinski definition) is 3. The summed E-state index contributed by atoms with van der Waals surface area (Å²) in [6.07, 6.45) is 0. The minimum atomic E-state index is -0.607. The number of nitrogens with one attached hydrogen (secondary N) is 1. The van der Waals surface area contributed by atoms with Gasteiger partial charge in [0.25, 0.3) is 5.91 Å². The van der Waals surface area contributed by atoms with E-state index in [9.17, 15) is 24.6 Å². The highest BCUT2D eigenvalue weighted by Crippen LogP contribution is 2.21. The Labute approximate surface area is 102 Å². The highest BCUT2D eigenvalue weighted by Gasteiger charge is 2.27. The lowest BCUT2D eigenvalue weighted by Gasteiger charge is -2.25. The van der Waals surface area contributed by atoms with Gasteiger partial charge in [-0.2, -0.15) is 0 Å². The Bertz CT molecular complexity index is 504. The molecule has 0 aliphatic carbocycles. The quantitative estimate of drug-likeness (QED) is 0.565. The Morgan fingerprint density at radius 3 is 2.06 bits per heavy atom. The van der Waals surface area contributed by atoms with Crippen molar-refractivity contribution in [3.05, 3.63) is 23.8 Å². The second kappa shape index (κ2) is 4.36. The highest BCUT2D eigenvalue weighted by atomic mass is 16.3. The molecule has 0 unspecified atom stereocenters. The second-order valence-electron chi connectivity index (χ2n) is 3.87. The van der Waals surface area contributed by atoms with E-state index >= 15 is 0 Å². The third kappa shape index (κ3) is 2.40. The van der Waals surface area contributed by atoms with Crippen LogP contribution in [0.5, 0.6) is 11.5 Å². The van der Waals surface area contributed by atoms with Gasteiger partial charge in [-0.1, -0.05) is 0 Å². The van der Waals surface area contributed by atoms with Crippen LogP contribution in [0.1, 0.15) is 10.4 Å². The molecule has 1 aliphatic heterocycles. The molecule has 18 heavy (non-hydrogen) atoms. The summed E-state index contributed by atoms with van der Waals surface area (Å²) in [5.41, 5.74) is 0.00926. The Hall–Kier alpha value is -2.57. The molecular weight excluding hydrogens is 240 g/mol. The van der Waals surface area contributed by atoms with Gasteiger partial charge in [0.15, 0.2) is 0 Å². The van der Waals surface area contributed by atoms with Crippen molar-refractivity contribution in [2.24, 2.45) is 0 Å². The molecule has 0 radical (unpaired) electrons. The summed E-state index contributed by atoms with van der Waals surface area (Å²) in [6.45, 7) is -0.470. The lowest BCUT2D eigenvalue weighted by Crippen LogP contribution is -2.53. The minimum absolute atomic E-state index is 0.00926. The van der Waals surface area contributed by atoms with Crippen molar-refractivity contribution in [2.75, 3.05) is 13.1 Å². The molecule has 7 heteroatoms. The lowest BCUT2D eigenvalue weighted by atomic mass is 10.1. The number of carbonyl (C=O) groups excluding carboxylic acids is 3. The van der Waals surface area contributed by atoms with Crippen molar-refractivity contribution < 1.29 is 24.6 Å². The zero-order valence-electron chi connectivity index (χ0n) is 9.21. The molecule has 3 amide bonds. The molecule has 1 aromatic carbocycles. The summed E-state index contributed by atoms with van der Waals surface area (Å²) in [7, 11) is 0. The molecule has 1 heterocycles. The Balaban J connectivity index is 2.25. The molecule has 0 spiro atoms. The zero-order valence-corrected chi connectivity index (χ0v) is 9.21. The first-order chi connectivity index (χ1) is 8.45. The van der Waals surface area contributed by atoms with Crippen LogP contribution in [0.25, 0.3) is 0 Å². The smallest absolute Gasteiger partial charge is 0.255 e. The van der Waals surface area contributed by atoms with Crippen molar-refractivity contribution in [2.45, 2.75) is 0 Å². The lowest BCUT2D eigenvalue weighted by molar-refractivity contribution is -0.135. The number of aromatic hydroxyl groups is 2. The molecule has 0 aromatic heterocycles. The first kappa shape index (κ1) is 11.9. The predicted octanol–water partition coefficient (Wildman–Crippen LogP) is -0.804. The van der Waals surface area contributed by atoms with Gasteiger partial charge < -0.3 is 15.1 Å². The van der Waals surface area contributed by atoms with Crippen molar-refractivity contribution in [3.8, 4) is 11.5 Å². The maximum absolute atomic E-state index is 12.0. The molecule has 3 N–H and O–H groups in total. The molecule has 1 aromatic rings. The summed E-state index contributed by atoms with van der Waals surface area (Å²) in [5.74, 6) is -2.28. The second-order valence-corrected chi connectivity index (χ2v) is 3.87. The van der Waals surface area contributed by atoms with Crippen molar-refractivity contribution >= 4 is 17.7 Å². The Morgan fingerprint density at radius 1 is 1.06 bits per heavy atom. The molecule has 7 nitrogen and oxygen atoms in total. The molecule has 0 saturated carbocycles. The SMILES string of the molecule is O=C1CN(C(=O)c2cc(O)cc(O)c2)CC(=O)N1. The minimum Gasteiger partial charge on any atom is -0.508 e. The fourth-order valence-electron chi connectivity index (χ4n) is 1.68. The van der Waals surface area contributed by atoms with Crippen LogP contribution in [0.4, 0.5) is 0 Å². The standard InChI is InChI=1S/C11H10N2O5/c14-7-1-6(2-8(15)3-7)11(18)13-4-9(16)12-10(17)5-13/h1-3,14-15H,4-5H2,(H,12,16,17). The number of hydrogen-bond acceptors (Lipinski definition) is 5. The highest BCUT2D eigenvalue weighted by molar-refractivity contribution is 6.05. The monoisotopic (exact) mass is 250 g/mol. The van der Waals surface area contributed by atoms with Crippen LogP contribution in [0.15, 0.2) is 18.2 Å². The van der Waals surface area contributed by atoms with E-state index in [1.807, 2.05) is 0 Å². The Kier molecular flexibility index (Phi) is 2.88. The van der Waals surface area contributed by atoms with Crippen molar-refractivity contribution in [3.63, 3.8) is 0 Å². The van der Waals surface area contributed by atoms with Crippen LogP contribution < -0.4 is 5.32 Å². The molecule has 0 bridgehead atoms. The van der Waals surface area contributed by atoms with Gasteiger partial charge >= 0.3 is 0 Å². The summed E-state index contributed by atoms with van der Waals surface area (Å²) < 4.78 is 0. The van der Waals surface area contributed by atoms with E-state index in [0.717, 1.165) is 23.1 Å². The first-order valence-electron chi connectivity index (χ1n) is 5.10. The van der Waals surface area contributed by atoms with E-state index in [-0.39, 0.29) is 30.2 Å². The van der Waals surface area contributed by atoms with Gasteiger partial charge in [-0.15, -0.1) is 0 Å². The van der Waals surface area contributed by atoms with Crippen molar-refractivity contribution in [1.29, 1.82) is 0 Å². The van der Waals surface area contributed by atoms with E-state index < -0.39 is 17.7 Å². The summed E-state index contributed by atoms with van der Waals surface area (Å²) in [4.78, 5) is 35.3. The third-order valence-corrected chi connectivity index (χ3v) is 2.38. The van der Waals surface area contributed by atoms with E-state index in [2.05, 4.69) is 5.32 Å². The van der Waals surface area contributed by atoms with Crippen molar-refractivity contribution in [1.82, 2.24) is 10.2 Å². The van der Waals surface area contributed by atoms with Gasteiger partial charge in [-0.05, 0) is 12.1 Å².